The first kappa shape index (κ1) is 12.9. The van der Waals surface area contributed by atoms with Crippen LogP contribution >= 0.6 is 0 Å². The number of rotatable bonds is 5. The summed E-state index contributed by atoms with van der Waals surface area (Å²) in [6.07, 6.45) is 1.57. The Labute approximate surface area is 93.9 Å². The molecule has 2 N–H and O–H groups in total. The second kappa shape index (κ2) is 6.44. The lowest BCUT2D eigenvalue weighted by Gasteiger charge is -2.24. The van der Waals surface area contributed by atoms with Gasteiger partial charge >= 0.3 is 5.97 Å². The summed E-state index contributed by atoms with van der Waals surface area (Å²) in [4.78, 5) is 21.5. The minimum Gasteiger partial charge on any atom is -0.480 e. The molecule has 6 nitrogen and oxygen atoms in total. The molecule has 0 aromatic rings. The second-order valence-corrected chi connectivity index (χ2v) is 3.74. The predicted molar refractivity (Wildman–Crippen MR) is 55.0 cm³/mol. The van der Waals surface area contributed by atoms with Gasteiger partial charge in [-0.3, -0.25) is 4.79 Å². The molecule has 0 radical (unpaired) electrons. The summed E-state index contributed by atoms with van der Waals surface area (Å²) < 4.78 is 10.6. The molecule has 1 atom stereocenters. The normalized spacial score (nSPS) is 19.1. The third-order valence-electron chi connectivity index (χ3n) is 2.34. The van der Waals surface area contributed by atoms with Gasteiger partial charge in [0.15, 0.2) is 6.04 Å². The number of carbonyl (C=O) groups excluding carboxylic acids is 1. The number of carboxylic acids is 1. The van der Waals surface area contributed by atoms with E-state index in [1.54, 1.807) is 0 Å². The SMILES string of the molecule is CC(=O)NC(COC1CCOCC1)C(=O)O. The first-order valence-electron chi connectivity index (χ1n) is 5.29. The molecule has 0 aromatic carbocycles. The minimum atomic E-state index is -1.08. The van der Waals surface area contributed by atoms with Crippen molar-refractivity contribution in [1.29, 1.82) is 0 Å². The molecule has 1 aliphatic heterocycles. The average molecular weight is 231 g/mol. The van der Waals surface area contributed by atoms with Crippen LogP contribution in [0.15, 0.2) is 0 Å². The number of nitrogens with one attached hydrogen (secondary N) is 1. The molecule has 0 bridgehead atoms. The van der Waals surface area contributed by atoms with E-state index in [-0.39, 0.29) is 18.6 Å². The molecule has 0 saturated carbocycles. The van der Waals surface area contributed by atoms with Crippen LogP contribution in [0.3, 0.4) is 0 Å². The van der Waals surface area contributed by atoms with Crippen LogP contribution in [0.1, 0.15) is 19.8 Å². The Bertz CT molecular complexity index is 250. The Kier molecular flexibility index (Phi) is 5.21. The quantitative estimate of drug-likeness (QED) is 0.682. The van der Waals surface area contributed by atoms with E-state index >= 15 is 0 Å². The second-order valence-electron chi connectivity index (χ2n) is 3.74. The standard InChI is InChI=1S/C10H17NO5/c1-7(12)11-9(10(13)14)6-16-8-2-4-15-5-3-8/h8-9H,2-6H2,1H3,(H,11,12)(H,13,14). The minimum absolute atomic E-state index is 0.000417. The third-order valence-corrected chi connectivity index (χ3v) is 2.34. The lowest BCUT2D eigenvalue weighted by Crippen LogP contribution is -2.44. The Morgan fingerprint density at radius 1 is 1.50 bits per heavy atom. The van der Waals surface area contributed by atoms with Gasteiger partial charge in [0.05, 0.1) is 12.7 Å². The zero-order chi connectivity index (χ0) is 12.0. The predicted octanol–water partition coefficient (Wildman–Crippen LogP) is -0.229. The van der Waals surface area contributed by atoms with Crippen molar-refractivity contribution < 1.29 is 24.2 Å². The first-order chi connectivity index (χ1) is 7.59. The van der Waals surface area contributed by atoms with Gasteiger partial charge in [-0.25, -0.2) is 4.79 Å². The van der Waals surface area contributed by atoms with Crippen LogP contribution < -0.4 is 5.32 Å². The smallest absolute Gasteiger partial charge is 0.328 e. The van der Waals surface area contributed by atoms with Crippen LogP contribution in [-0.2, 0) is 19.1 Å². The maximum atomic E-state index is 10.8. The number of ether oxygens (including phenoxy) is 2. The van der Waals surface area contributed by atoms with E-state index in [0.717, 1.165) is 12.8 Å². The molecule has 1 amide bonds. The summed E-state index contributed by atoms with van der Waals surface area (Å²) in [5, 5.41) is 11.2. The van der Waals surface area contributed by atoms with Gasteiger partial charge in [0, 0.05) is 20.1 Å². The highest BCUT2D eigenvalue weighted by molar-refractivity contribution is 5.82. The first-order valence-corrected chi connectivity index (χ1v) is 5.29. The molecule has 0 aliphatic carbocycles. The summed E-state index contributed by atoms with van der Waals surface area (Å²) in [7, 11) is 0. The van der Waals surface area contributed by atoms with Gasteiger partial charge in [0.25, 0.3) is 0 Å². The molecule has 1 unspecified atom stereocenters. The largest absolute Gasteiger partial charge is 0.480 e. The van der Waals surface area contributed by atoms with E-state index < -0.39 is 12.0 Å². The summed E-state index contributed by atoms with van der Waals surface area (Å²) in [6.45, 7) is 2.56. The van der Waals surface area contributed by atoms with E-state index in [9.17, 15) is 9.59 Å². The molecule has 1 rings (SSSR count). The molecular formula is C10H17NO5. The van der Waals surface area contributed by atoms with Crippen LogP contribution in [0.4, 0.5) is 0 Å². The van der Waals surface area contributed by atoms with Gasteiger partial charge < -0.3 is 19.9 Å². The maximum Gasteiger partial charge on any atom is 0.328 e. The number of carbonyl (C=O) groups is 2. The monoisotopic (exact) mass is 231 g/mol. The van der Waals surface area contributed by atoms with E-state index in [0.29, 0.717) is 13.2 Å². The van der Waals surface area contributed by atoms with Gasteiger partial charge in [0.2, 0.25) is 5.91 Å². The zero-order valence-electron chi connectivity index (χ0n) is 9.27. The van der Waals surface area contributed by atoms with E-state index in [1.165, 1.54) is 6.92 Å². The highest BCUT2D eigenvalue weighted by Gasteiger charge is 2.21. The Morgan fingerprint density at radius 3 is 2.62 bits per heavy atom. The maximum absolute atomic E-state index is 10.8. The topological polar surface area (TPSA) is 84.9 Å². The zero-order valence-corrected chi connectivity index (χ0v) is 9.27. The van der Waals surface area contributed by atoms with Crippen molar-refractivity contribution in [3.63, 3.8) is 0 Å². The number of amides is 1. The lowest BCUT2D eigenvalue weighted by molar-refractivity contribution is -0.144. The van der Waals surface area contributed by atoms with Crippen molar-refractivity contribution in [1.82, 2.24) is 5.32 Å². The Morgan fingerprint density at radius 2 is 2.12 bits per heavy atom. The Balaban J connectivity index is 2.30. The fourth-order valence-electron chi connectivity index (χ4n) is 1.49. The summed E-state index contributed by atoms with van der Waals surface area (Å²) in [5.41, 5.74) is 0. The Hall–Kier alpha value is -1.14. The van der Waals surface area contributed by atoms with Crippen molar-refractivity contribution in [2.45, 2.75) is 31.9 Å². The van der Waals surface area contributed by atoms with Crippen LogP contribution in [0.25, 0.3) is 0 Å². The fraction of sp³-hybridized carbons (Fsp3) is 0.800. The van der Waals surface area contributed by atoms with Gasteiger partial charge in [-0.05, 0) is 12.8 Å². The highest BCUT2D eigenvalue weighted by Crippen LogP contribution is 2.10. The van der Waals surface area contributed by atoms with Gasteiger partial charge in [-0.2, -0.15) is 0 Å². The van der Waals surface area contributed by atoms with Crippen molar-refractivity contribution in [3.8, 4) is 0 Å². The van der Waals surface area contributed by atoms with Crippen LogP contribution in [0.5, 0.6) is 0 Å². The molecule has 1 aliphatic rings. The van der Waals surface area contributed by atoms with Crippen molar-refractivity contribution in [3.05, 3.63) is 0 Å². The van der Waals surface area contributed by atoms with Crippen molar-refractivity contribution in [2.24, 2.45) is 0 Å². The molecule has 0 spiro atoms. The molecule has 92 valence electrons. The molecule has 0 aromatic heterocycles. The molecule has 1 fully saturated rings. The number of aliphatic carboxylic acids is 1. The average Bonchev–Trinajstić information content (AvgIpc) is 2.25. The number of hydrogen-bond donors (Lipinski definition) is 2. The fourth-order valence-corrected chi connectivity index (χ4v) is 1.49. The number of carboxylic acid groups (broad SMARTS) is 1. The van der Waals surface area contributed by atoms with E-state index in [1.807, 2.05) is 0 Å². The van der Waals surface area contributed by atoms with Crippen molar-refractivity contribution >= 4 is 11.9 Å². The molecular weight excluding hydrogens is 214 g/mol. The highest BCUT2D eigenvalue weighted by atomic mass is 16.5. The lowest BCUT2D eigenvalue weighted by atomic mass is 10.1. The van der Waals surface area contributed by atoms with Crippen LogP contribution in [0, 0.1) is 0 Å². The van der Waals surface area contributed by atoms with Gasteiger partial charge in [0.1, 0.15) is 0 Å². The summed E-state index contributed by atoms with van der Waals surface area (Å²) in [5.74, 6) is -1.45. The van der Waals surface area contributed by atoms with Crippen LogP contribution in [0.2, 0.25) is 0 Å². The third kappa shape index (κ3) is 4.59. The molecule has 16 heavy (non-hydrogen) atoms. The van der Waals surface area contributed by atoms with E-state index in [4.69, 9.17) is 14.6 Å². The van der Waals surface area contributed by atoms with Gasteiger partial charge in [-0.1, -0.05) is 0 Å². The van der Waals surface area contributed by atoms with Crippen molar-refractivity contribution in [2.75, 3.05) is 19.8 Å². The van der Waals surface area contributed by atoms with Gasteiger partial charge in [-0.15, -0.1) is 0 Å². The summed E-state index contributed by atoms with van der Waals surface area (Å²) >= 11 is 0. The number of hydrogen-bond acceptors (Lipinski definition) is 4. The molecule has 1 saturated heterocycles. The van der Waals surface area contributed by atoms with Crippen LogP contribution in [-0.4, -0.2) is 48.9 Å². The molecule has 1 heterocycles. The summed E-state index contributed by atoms with van der Waals surface area (Å²) in [6, 6.07) is -0.972. The van der Waals surface area contributed by atoms with E-state index in [2.05, 4.69) is 5.32 Å². The molecule has 6 heteroatoms.